The Bertz CT molecular complexity index is 298. The van der Waals surface area contributed by atoms with Crippen molar-refractivity contribution in [1.82, 2.24) is 14.9 Å². The minimum Gasteiger partial charge on any atom is -0.331 e. The Balaban J connectivity index is 2.16. The van der Waals surface area contributed by atoms with Crippen molar-refractivity contribution >= 4 is 5.91 Å². The first-order valence-corrected chi connectivity index (χ1v) is 3.86. The molecule has 0 N–H and O–H groups in total. The summed E-state index contributed by atoms with van der Waals surface area (Å²) in [5.74, 6) is -0.0180. The number of hydrogen-bond acceptors (Lipinski definition) is 3. The maximum atomic E-state index is 11.4. The van der Waals surface area contributed by atoms with Crippen LogP contribution in [0.1, 0.15) is 17.4 Å². The largest absolute Gasteiger partial charge is 0.331 e. The summed E-state index contributed by atoms with van der Waals surface area (Å²) in [7, 11) is 0. The van der Waals surface area contributed by atoms with Crippen LogP contribution in [0.3, 0.4) is 0 Å². The van der Waals surface area contributed by atoms with E-state index >= 15 is 0 Å². The standard InChI is InChI=1S/C8H9N3O/c1-6-5-11(6)8(12)7-4-9-2-3-10-7/h2-4,6H,5H2,1H3. The molecule has 0 radical (unpaired) electrons. The molecule has 1 fully saturated rings. The van der Waals surface area contributed by atoms with Crippen molar-refractivity contribution in [2.24, 2.45) is 0 Å². The Morgan fingerprint density at radius 2 is 2.42 bits per heavy atom. The second-order valence-corrected chi connectivity index (χ2v) is 2.90. The Morgan fingerprint density at radius 3 is 2.92 bits per heavy atom. The fraction of sp³-hybridized carbons (Fsp3) is 0.375. The Kier molecular flexibility index (Phi) is 1.53. The lowest BCUT2D eigenvalue weighted by atomic mass is 10.4. The number of carbonyl (C=O) groups excluding carboxylic acids is 1. The van der Waals surface area contributed by atoms with Crippen LogP contribution in [0.15, 0.2) is 18.6 Å². The highest BCUT2D eigenvalue weighted by Crippen LogP contribution is 2.18. The summed E-state index contributed by atoms with van der Waals surface area (Å²) < 4.78 is 0. The second kappa shape index (κ2) is 2.55. The molecule has 1 aromatic rings. The average Bonchev–Trinajstić information content (AvgIpc) is 2.83. The van der Waals surface area contributed by atoms with Crippen molar-refractivity contribution in [1.29, 1.82) is 0 Å². The average molecular weight is 163 g/mol. The van der Waals surface area contributed by atoms with Crippen molar-refractivity contribution in [2.45, 2.75) is 13.0 Å². The van der Waals surface area contributed by atoms with E-state index in [-0.39, 0.29) is 5.91 Å². The van der Waals surface area contributed by atoms with Crippen LogP contribution in [0, 0.1) is 0 Å². The molecule has 0 aromatic carbocycles. The molecule has 1 atom stereocenters. The summed E-state index contributed by atoms with van der Waals surface area (Å²) in [6.45, 7) is 2.85. The van der Waals surface area contributed by atoms with Crippen LogP contribution < -0.4 is 0 Å². The summed E-state index contributed by atoms with van der Waals surface area (Å²) in [5, 5.41) is 0. The third-order valence-corrected chi connectivity index (χ3v) is 1.90. The van der Waals surface area contributed by atoms with Gasteiger partial charge in [-0.1, -0.05) is 0 Å². The van der Waals surface area contributed by atoms with Gasteiger partial charge in [0.15, 0.2) is 0 Å². The number of rotatable bonds is 1. The maximum Gasteiger partial charge on any atom is 0.274 e. The molecule has 1 aromatic heterocycles. The summed E-state index contributed by atoms with van der Waals surface area (Å²) in [6, 6.07) is 0.375. The smallest absolute Gasteiger partial charge is 0.274 e. The van der Waals surface area contributed by atoms with Gasteiger partial charge in [-0.2, -0.15) is 0 Å². The third kappa shape index (κ3) is 1.15. The topological polar surface area (TPSA) is 45.9 Å². The highest BCUT2D eigenvalue weighted by atomic mass is 16.2. The van der Waals surface area contributed by atoms with Crippen molar-refractivity contribution in [3.63, 3.8) is 0 Å². The zero-order chi connectivity index (χ0) is 8.55. The molecule has 0 spiro atoms. The Hall–Kier alpha value is -1.45. The van der Waals surface area contributed by atoms with Crippen LogP contribution in [0.25, 0.3) is 0 Å². The molecular weight excluding hydrogens is 154 g/mol. The molecule has 2 heterocycles. The molecular formula is C8H9N3O. The van der Waals surface area contributed by atoms with Crippen LogP contribution in [0.5, 0.6) is 0 Å². The maximum absolute atomic E-state index is 11.4. The van der Waals surface area contributed by atoms with E-state index in [1.807, 2.05) is 6.92 Å². The molecule has 0 bridgehead atoms. The van der Waals surface area contributed by atoms with E-state index < -0.39 is 0 Å². The SMILES string of the molecule is CC1CN1C(=O)c1cnccn1. The van der Waals surface area contributed by atoms with Crippen LogP contribution >= 0.6 is 0 Å². The minimum atomic E-state index is -0.0180. The Morgan fingerprint density at radius 1 is 1.67 bits per heavy atom. The molecule has 62 valence electrons. The van der Waals surface area contributed by atoms with Gasteiger partial charge in [0.2, 0.25) is 0 Å². The highest BCUT2D eigenvalue weighted by molar-refractivity contribution is 5.93. The van der Waals surface area contributed by atoms with E-state index in [0.717, 1.165) is 6.54 Å². The van der Waals surface area contributed by atoms with E-state index in [2.05, 4.69) is 9.97 Å². The fourth-order valence-electron chi connectivity index (χ4n) is 1.08. The summed E-state index contributed by atoms with van der Waals surface area (Å²) in [4.78, 5) is 20.9. The number of amides is 1. The van der Waals surface area contributed by atoms with Gasteiger partial charge in [-0.15, -0.1) is 0 Å². The first-order valence-electron chi connectivity index (χ1n) is 3.86. The molecule has 0 aliphatic carbocycles. The molecule has 0 saturated carbocycles. The van der Waals surface area contributed by atoms with E-state index in [9.17, 15) is 4.79 Å². The van der Waals surface area contributed by atoms with Gasteiger partial charge in [-0.25, -0.2) is 4.98 Å². The highest BCUT2D eigenvalue weighted by Gasteiger charge is 2.35. The molecule has 2 rings (SSSR count). The van der Waals surface area contributed by atoms with Gasteiger partial charge >= 0.3 is 0 Å². The van der Waals surface area contributed by atoms with Crippen LogP contribution in [0.2, 0.25) is 0 Å². The monoisotopic (exact) mass is 163 g/mol. The third-order valence-electron chi connectivity index (χ3n) is 1.90. The van der Waals surface area contributed by atoms with Crippen molar-refractivity contribution in [3.8, 4) is 0 Å². The Labute approximate surface area is 70.2 Å². The molecule has 1 saturated heterocycles. The van der Waals surface area contributed by atoms with Gasteiger partial charge in [0, 0.05) is 25.0 Å². The summed E-state index contributed by atoms with van der Waals surface area (Å²) in [6.07, 6.45) is 4.58. The van der Waals surface area contributed by atoms with Crippen LogP contribution in [-0.2, 0) is 0 Å². The fourth-order valence-corrected chi connectivity index (χ4v) is 1.08. The summed E-state index contributed by atoms with van der Waals surface area (Å²) >= 11 is 0. The number of nitrogens with zero attached hydrogens (tertiary/aromatic N) is 3. The second-order valence-electron chi connectivity index (χ2n) is 2.90. The van der Waals surface area contributed by atoms with Gasteiger partial charge in [0.05, 0.1) is 6.20 Å². The number of aromatic nitrogens is 2. The van der Waals surface area contributed by atoms with Gasteiger partial charge in [-0.3, -0.25) is 9.78 Å². The van der Waals surface area contributed by atoms with Gasteiger partial charge in [0.25, 0.3) is 5.91 Å². The van der Waals surface area contributed by atoms with Gasteiger partial charge in [-0.05, 0) is 6.92 Å². The molecule has 4 heteroatoms. The van der Waals surface area contributed by atoms with Crippen LogP contribution in [-0.4, -0.2) is 33.4 Å². The molecule has 12 heavy (non-hydrogen) atoms. The first-order chi connectivity index (χ1) is 5.79. The predicted octanol–water partition coefficient (Wildman–Crippen LogP) is 0.321. The molecule has 4 nitrogen and oxygen atoms in total. The number of hydrogen-bond donors (Lipinski definition) is 0. The van der Waals surface area contributed by atoms with Crippen molar-refractivity contribution < 1.29 is 4.79 Å². The lowest BCUT2D eigenvalue weighted by Crippen LogP contribution is -2.14. The van der Waals surface area contributed by atoms with E-state index in [4.69, 9.17) is 0 Å². The quantitative estimate of drug-likeness (QED) is 0.560. The molecule has 1 aliphatic heterocycles. The molecule has 1 aliphatic rings. The molecule has 1 amide bonds. The molecule has 1 unspecified atom stereocenters. The lowest BCUT2D eigenvalue weighted by Gasteiger charge is -1.99. The number of carbonyl (C=O) groups is 1. The zero-order valence-corrected chi connectivity index (χ0v) is 6.77. The summed E-state index contributed by atoms with van der Waals surface area (Å²) in [5.41, 5.74) is 0.432. The van der Waals surface area contributed by atoms with Crippen molar-refractivity contribution in [3.05, 3.63) is 24.3 Å². The van der Waals surface area contributed by atoms with E-state index in [1.165, 1.54) is 12.4 Å². The van der Waals surface area contributed by atoms with E-state index in [1.54, 1.807) is 11.1 Å². The zero-order valence-electron chi connectivity index (χ0n) is 6.77. The predicted molar refractivity (Wildman–Crippen MR) is 42.5 cm³/mol. The normalized spacial score (nSPS) is 20.8. The first kappa shape index (κ1) is 7.21. The minimum absolute atomic E-state index is 0.0180. The van der Waals surface area contributed by atoms with Crippen molar-refractivity contribution in [2.75, 3.05) is 6.54 Å². The van der Waals surface area contributed by atoms with Gasteiger partial charge in [0.1, 0.15) is 5.69 Å². The lowest BCUT2D eigenvalue weighted by molar-refractivity contribution is 0.0870. The van der Waals surface area contributed by atoms with E-state index in [0.29, 0.717) is 11.7 Å². The van der Waals surface area contributed by atoms with Crippen LogP contribution in [0.4, 0.5) is 0 Å². The van der Waals surface area contributed by atoms with Gasteiger partial charge < -0.3 is 4.90 Å².